The minimum atomic E-state index is 0.150. The highest BCUT2D eigenvalue weighted by Gasteiger charge is 2.15. The predicted molar refractivity (Wildman–Crippen MR) is 75.0 cm³/mol. The molecule has 0 bridgehead atoms. The molecule has 0 fully saturated rings. The van der Waals surface area contributed by atoms with Gasteiger partial charge in [-0.05, 0) is 29.7 Å². The van der Waals surface area contributed by atoms with Gasteiger partial charge >= 0.3 is 0 Å². The van der Waals surface area contributed by atoms with Crippen molar-refractivity contribution >= 4 is 11.1 Å². The topological polar surface area (TPSA) is 38.1 Å². The number of hydrogen-bond acceptors (Lipinski definition) is 3. The Morgan fingerprint density at radius 3 is 2.72 bits per heavy atom. The van der Waals surface area contributed by atoms with E-state index in [9.17, 15) is 0 Å². The highest BCUT2D eigenvalue weighted by Crippen LogP contribution is 2.26. The van der Waals surface area contributed by atoms with Crippen LogP contribution < -0.4 is 5.32 Å². The molecule has 0 spiro atoms. The van der Waals surface area contributed by atoms with E-state index >= 15 is 0 Å². The second-order valence-electron chi connectivity index (χ2n) is 5.64. The minimum absolute atomic E-state index is 0.150. The van der Waals surface area contributed by atoms with E-state index in [0.29, 0.717) is 0 Å². The molecule has 1 aromatic carbocycles. The Hall–Kier alpha value is -1.35. The number of rotatable bonds is 4. The Balaban J connectivity index is 2.23. The Kier molecular flexibility index (Phi) is 3.71. The molecule has 0 aliphatic rings. The van der Waals surface area contributed by atoms with Crippen LogP contribution in [0.15, 0.2) is 22.6 Å². The Morgan fingerprint density at radius 1 is 1.28 bits per heavy atom. The number of likely N-dealkylation sites (N-methyl/N-ethyl adjacent to an activating group) is 1. The molecule has 1 N–H and O–H groups in total. The van der Waals surface area contributed by atoms with E-state index in [1.807, 2.05) is 6.07 Å². The lowest BCUT2D eigenvalue weighted by atomic mass is 9.87. The van der Waals surface area contributed by atoms with Crippen LogP contribution in [0.2, 0.25) is 0 Å². The van der Waals surface area contributed by atoms with Crippen molar-refractivity contribution in [3.05, 3.63) is 29.7 Å². The summed E-state index contributed by atoms with van der Waals surface area (Å²) >= 11 is 0. The number of oxazole rings is 1. The average molecular weight is 246 g/mol. The summed E-state index contributed by atoms with van der Waals surface area (Å²) in [6.45, 7) is 10.6. The molecule has 0 amide bonds. The van der Waals surface area contributed by atoms with Gasteiger partial charge in [0.15, 0.2) is 11.5 Å². The molecule has 0 saturated carbocycles. The zero-order valence-corrected chi connectivity index (χ0v) is 11.7. The monoisotopic (exact) mass is 246 g/mol. The van der Waals surface area contributed by atoms with Crippen LogP contribution >= 0.6 is 0 Å². The molecular formula is C15H22N2O. The molecule has 3 nitrogen and oxygen atoms in total. The summed E-state index contributed by atoms with van der Waals surface area (Å²) in [4.78, 5) is 4.55. The molecule has 2 rings (SSSR count). The van der Waals surface area contributed by atoms with Gasteiger partial charge < -0.3 is 9.73 Å². The maximum atomic E-state index is 5.73. The molecule has 0 aliphatic heterocycles. The van der Waals surface area contributed by atoms with Crippen LogP contribution in [0.5, 0.6) is 0 Å². The van der Waals surface area contributed by atoms with Gasteiger partial charge in [-0.2, -0.15) is 0 Å². The van der Waals surface area contributed by atoms with Gasteiger partial charge in [0.05, 0.1) is 0 Å². The number of benzene rings is 1. The average Bonchev–Trinajstić information content (AvgIpc) is 2.69. The van der Waals surface area contributed by atoms with Crippen molar-refractivity contribution in [1.82, 2.24) is 10.3 Å². The summed E-state index contributed by atoms with van der Waals surface area (Å²) in [7, 11) is 0. The van der Waals surface area contributed by atoms with Crippen molar-refractivity contribution in [1.29, 1.82) is 0 Å². The quantitative estimate of drug-likeness (QED) is 0.841. The van der Waals surface area contributed by atoms with E-state index in [2.05, 4.69) is 50.1 Å². The van der Waals surface area contributed by atoms with Crippen molar-refractivity contribution < 1.29 is 4.42 Å². The SMILES string of the molecule is CCNCCc1nc2cc(C(C)(C)C)ccc2o1. The van der Waals surface area contributed by atoms with Gasteiger partial charge in [-0.15, -0.1) is 0 Å². The molecule has 0 aliphatic carbocycles. The lowest BCUT2D eigenvalue weighted by Crippen LogP contribution is -2.16. The van der Waals surface area contributed by atoms with Crippen molar-refractivity contribution in [2.75, 3.05) is 13.1 Å². The number of aromatic nitrogens is 1. The van der Waals surface area contributed by atoms with Crippen molar-refractivity contribution in [2.24, 2.45) is 0 Å². The number of nitrogens with zero attached hydrogens (tertiary/aromatic N) is 1. The van der Waals surface area contributed by atoms with Crippen molar-refractivity contribution in [2.45, 2.75) is 39.5 Å². The van der Waals surface area contributed by atoms with E-state index < -0.39 is 0 Å². The van der Waals surface area contributed by atoms with E-state index in [1.54, 1.807) is 0 Å². The van der Waals surface area contributed by atoms with Gasteiger partial charge in [-0.1, -0.05) is 33.8 Å². The zero-order chi connectivity index (χ0) is 13.2. The normalized spacial score (nSPS) is 12.2. The lowest BCUT2D eigenvalue weighted by Gasteiger charge is -2.18. The largest absolute Gasteiger partial charge is 0.441 e. The lowest BCUT2D eigenvalue weighted by molar-refractivity contribution is 0.517. The van der Waals surface area contributed by atoms with Crippen LogP contribution in [0.4, 0.5) is 0 Å². The van der Waals surface area contributed by atoms with Crippen molar-refractivity contribution in [3.63, 3.8) is 0 Å². The fourth-order valence-corrected chi connectivity index (χ4v) is 1.92. The van der Waals surface area contributed by atoms with E-state index in [-0.39, 0.29) is 5.41 Å². The minimum Gasteiger partial charge on any atom is -0.441 e. The molecule has 0 radical (unpaired) electrons. The first-order valence-electron chi connectivity index (χ1n) is 6.61. The second-order valence-corrected chi connectivity index (χ2v) is 5.64. The molecular weight excluding hydrogens is 224 g/mol. The predicted octanol–water partition coefficient (Wildman–Crippen LogP) is 3.28. The Bertz CT molecular complexity index is 523. The molecule has 3 heteroatoms. The van der Waals surface area contributed by atoms with Gasteiger partial charge in [0.2, 0.25) is 0 Å². The second kappa shape index (κ2) is 5.11. The maximum absolute atomic E-state index is 5.73. The smallest absolute Gasteiger partial charge is 0.196 e. The third kappa shape index (κ3) is 2.91. The molecule has 0 unspecified atom stereocenters. The molecule has 18 heavy (non-hydrogen) atoms. The standard InChI is InChI=1S/C15H22N2O/c1-5-16-9-8-14-17-12-10-11(15(2,3)4)6-7-13(12)18-14/h6-7,10,16H,5,8-9H2,1-4H3. The summed E-state index contributed by atoms with van der Waals surface area (Å²) in [5.74, 6) is 0.817. The molecule has 1 aromatic heterocycles. The van der Waals surface area contributed by atoms with E-state index in [0.717, 1.165) is 36.5 Å². The van der Waals surface area contributed by atoms with Gasteiger partial charge in [-0.25, -0.2) is 4.98 Å². The zero-order valence-electron chi connectivity index (χ0n) is 11.7. The van der Waals surface area contributed by atoms with Crippen LogP contribution in [0.3, 0.4) is 0 Å². The first-order chi connectivity index (χ1) is 8.50. The van der Waals surface area contributed by atoms with Gasteiger partial charge in [0, 0.05) is 13.0 Å². The van der Waals surface area contributed by atoms with Crippen molar-refractivity contribution in [3.8, 4) is 0 Å². The van der Waals surface area contributed by atoms with E-state index in [1.165, 1.54) is 5.56 Å². The third-order valence-corrected chi connectivity index (χ3v) is 3.06. The van der Waals surface area contributed by atoms with Crippen LogP contribution in [0.25, 0.3) is 11.1 Å². The molecule has 0 saturated heterocycles. The molecule has 2 aromatic rings. The van der Waals surface area contributed by atoms with Gasteiger partial charge in [0.25, 0.3) is 0 Å². The van der Waals surface area contributed by atoms with E-state index in [4.69, 9.17) is 4.42 Å². The van der Waals surface area contributed by atoms with Gasteiger partial charge in [-0.3, -0.25) is 0 Å². The first-order valence-corrected chi connectivity index (χ1v) is 6.61. The first kappa shape index (κ1) is 13.1. The summed E-state index contributed by atoms with van der Waals surface area (Å²) < 4.78 is 5.73. The molecule has 0 atom stereocenters. The molecule has 1 heterocycles. The fourth-order valence-electron chi connectivity index (χ4n) is 1.92. The number of nitrogens with one attached hydrogen (secondary N) is 1. The number of hydrogen-bond donors (Lipinski definition) is 1. The molecule has 98 valence electrons. The summed E-state index contributed by atoms with van der Waals surface area (Å²) in [5.41, 5.74) is 3.29. The van der Waals surface area contributed by atoms with Crippen LogP contribution in [0, 0.1) is 0 Å². The summed E-state index contributed by atoms with van der Waals surface area (Å²) in [6, 6.07) is 6.29. The fraction of sp³-hybridized carbons (Fsp3) is 0.533. The number of fused-ring (bicyclic) bond motifs is 1. The van der Waals surface area contributed by atoms with Crippen LogP contribution in [-0.4, -0.2) is 18.1 Å². The third-order valence-electron chi connectivity index (χ3n) is 3.06. The Morgan fingerprint density at radius 2 is 2.06 bits per heavy atom. The maximum Gasteiger partial charge on any atom is 0.196 e. The highest BCUT2D eigenvalue weighted by atomic mass is 16.3. The highest BCUT2D eigenvalue weighted by molar-refractivity contribution is 5.73. The van der Waals surface area contributed by atoms with Gasteiger partial charge in [0.1, 0.15) is 5.52 Å². The summed E-state index contributed by atoms with van der Waals surface area (Å²) in [6.07, 6.45) is 0.841. The Labute approximate surface area is 109 Å². The van der Waals surface area contributed by atoms with Crippen LogP contribution in [-0.2, 0) is 11.8 Å². The van der Waals surface area contributed by atoms with Crippen LogP contribution in [0.1, 0.15) is 39.1 Å². The summed E-state index contributed by atoms with van der Waals surface area (Å²) in [5, 5.41) is 3.28.